The van der Waals surface area contributed by atoms with E-state index in [0.717, 1.165) is 37.4 Å². The molecule has 1 N–H and O–H groups in total. The summed E-state index contributed by atoms with van der Waals surface area (Å²) in [6.07, 6.45) is 3.41. The maximum Gasteiger partial charge on any atom is 0.417 e. The van der Waals surface area contributed by atoms with Crippen LogP contribution in [0.15, 0.2) is 27.4 Å². The highest BCUT2D eigenvalue weighted by Crippen LogP contribution is 2.18. The molecule has 3 rings (SSSR count). The molecule has 0 saturated carbocycles. The fraction of sp³-hybridized carbons (Fsp3) is 0.500. The number of nitrogens with one attached hydrogen (secondary N) is 1. The second kappa shape index (κ2) is 5.76. The van der Waals surface area contributed by atoms with Gasteiger partial charge in [0, 0.05) is 19.5 Å². The number of carbonyl (C=O) groups excluding carboxylic acids is 1. The number of piperidine rings is 1. The van der Waals surface area contributed by atoms with Crippen LogP contribution in [0.5, 0.6) is 0 Å². The summed E-state index contributed by atoms with van der Waals surface area (Å²) in [6, 6.07) is 5.56. The lowest BCUT2D eigenvalue weighted by molar-refractivity contribution is -0.132. The highest BCUT2D eigenvalue weighted by atomic mass is 16.4. The van der Waals surface area contributed by atoms with Crippen molar-refractivity contribution in [2.24, 2.45) is 5.92 Å². The number of hydrogen-bond acceptors (Lipinski definition) is 3. The maximum atomic E-state index is 12.2. The van der Waals surface area contributed by atoms with Gasteiger partial charge in [-0.05, 0) is 42.9 Å². The van der Waals surface area contributed by atoms with Gasteiger partial charge in [0.15, 0.2) is 5.58 Å². The maximum absolute atomic E-state index is 12.2. The molecule has 5 heteroatoms. The molecular formula is C16H20N2O3. The summed E-state index contributed by atoms with van der Waals surface area (Å²) in [6.45, 7) is 4.00. The highest BCUT2D eigenvalue weighted by Gasteiger charge is 2.19. The molecule has 1 fully saturated rings. The van der Waals surface area contributed by atoms with E-state index in [1.807, 2.05) is 17.0 Å². The van der Waals surface area contributed by atoms with Crippen molar-refractivity contribution >= 4 is 17.0 Å². The van der Waals surface area contributed by atoms with Crippen molar-refractivity contribution < 1.29 is 9.21 Å². The van der Waals surface area contributed by atoms with Gasteiger partial charge < -0.3 is 9.32 Å². The van der Waals surface area contributed by atoms with Gasteiger partial charge in [-0.3, -0.25) is 9.78 Å². The first-order valence-electron chi connectivity index (χ1n) is 7.51. The first kappa shape index (κ1) is 13.9. The Bertz CT molecular complexity index is 693. The molecule has 0 atom stereocenters. The Morgan fingerprint density at radius 2 is 2.14 bits per heavy atom. The number of benzene rings is 1. The molecule has 0 aliphatic carbocycles. The molecule has 2 aromatic rings. The van der Waals surface area contributed by atoms with Crippen molar-refractivity contribution in [3.8, 4) is 0 Å². The van der Waals surface area contributed by atoms with Crippen LogP contribution in [0.1, 0.15) is 31.7 Å². The van der Waals surface area contributed by atoms with E-state index < -0.39 is 5.76 Å². The van der Waals surface area contributed by atoms with Gasteiger partial charge in [0.05, 0.1) is 5.52 Å². The lowest BCUT2D eigenvalue weighted by Crippen LogP contribution is -2.37. The van der Waals surface area contributed by atoms with Crippen LogP contribution >= 0.6 is 0 Å². The minimum absolute atomic E-state index is 0.225. The zero-order valence-electron chi connectivity index (χ0n) is 12.2. The van der Waals surface area contributed by atoms with Gasteiger partial charge in [-0.15, -0.1) is 0 Å². The van der Waals surface area contributed by atoms with Crippen LogP contribution in [0.25, 0.3) is 11.1 Å². The van der Waals surface area contributed by atoms with Gasteiger partial charge in [-0.2, -0.15) is 0 Å². The molecule has 0 unspecified atom stereocenters. The van der Waals surface area contributed by atoms with E-state index in [-0.39, 0.29) is 5.91 Å². The Morgan fingerprint density at radius 1 is 1.38 bits per heavy atom. The predicted octanol–water partition coefficient (Wildman–Crippen LogP) is 2.31. The topological polar surface area (TPSA) is 66.3 Å². The van der Waals surface area contributed by atoms with Crippen molar-refractivity contribution in [3.05, 3.63) is 34.3 Å². The van der Waals surface area contributed by atoms with Crippen molar-refractivity contribution in [3.63, 3.8) is 0 Å². The van der Waals surface area contributed by atoms with Gasteiger partial charge in [0.2, 0.25) is 5.91 Å². The summed E-state index contributed by atoms with van der Waals surface area (Å²) in [5.41, 5.74) is 2.29. The number of fused-ring (bicyclic) bond motifs is 1. The highest BCUT2D eigenvalue weighted by molar-refractivity contribution is 5.77. The lowest BCUT2D eigenvalue weighted by atomic mass is 9.98. The third-order valence-electron chi connectivity index (χ3n) is 4.25. The molecule has 5 nitrogen and oxygen atoms in total. The number of H-pyrrole nitrogens is 1. The average molecular weight is 288 g/mol. The normalized spacial score (nSPS) is 16.5. The Balaban J connectivity index is 1.60. The van der Waals surface area contributed by atoms with Crippen molar-refractivity contribution in [2.45, 2.75) is 32.6 Å². The smallest absolute Gasteiger partial charge is 0.408 e. The van der Waals surface area contributed by atoms with E-state index in [4.69, 9.17) is 4.42 Å². The van der Waals surface area contributed by atoms with Crippen LogP contribution in [0, 0.1) is 5.92 Å². The molecule has 1 aliphatic heterocycles. The zero-order valence-corrected chi connectivity index (χ0v) is 12.2. The molecule has 21 heavy (non-hydrogen) atoms. The van der Waals surface area contributed by atoms with Crippen molar-refractivity contribution in [2.75, 3.05) is 13.1 Å². The second-order valence-corrected chi connectivity index (χ2v) is 5.91. The summed E-state index contributed by atoms with van der Waals surface area (Å²) < 4.78 is 4.97. The molecule has 1 aliphatic rings. The molecule has 1 saturated heterocycles. The van der Waals surface area contributed by atoms with Gasteiger partial charge in [-0.1, -0.05) is 13.0 Å². The van der Waals surface area contributed by atoms with Crippen LogP contribution < -0.4 is 5.76 Å². The van der Waals surface area contributed by atoms with Crippen LogP contribution in [0.3, 0.4) is 0 Å². The summed E-state index contributed by atoms with van der Waals surface area (Å²) in [5, 5.41) is 0. The monoisotopic (exact) mass is 288 g/mol. The first-order valence-corrected chi connectivity index (χ1v) is 7.51. The molecular weight excluding hydrogens is 268 g/mol. The van der Waals surface area contributed by atoms with Gasteiger partial charge in [-0.25, -0.2) is 4.79 Å². The number of oxazole rings is 1. The van der Waals surface area contributed by atoms with Crippen LogP contribution in [-0.4, -0.2) is 28.9 Å². The van der Waals surface area contributed by atoms with E-state index in [0.29, 0.717) is 23.9 Å². The second-order valence-electron chi connectivity index (χ2n) is 5.91. The average Bonchev–Trinajstić information content (AvgIpc) is 2.84. The molecule has 2 heterocycles. The van der Waals surface area contributed by atoms with Crippen LogP contribution in [0.4, 0.5) is 0 Å². The van der Waals surface area contributed by atoms with E-state index in [2.05, 4.69) is 11.9 Å². The lowest BCUT2D eigenvalue weighted by Gasteiger charge is -2.30. The van der Waals surface area contributed by atoms with E-state index in [1.165, 1.54) is 0 Å². The number of carbonyl (C=O) groups is 1. The number of rotatable bonds is 3. The van der Waals surface area contributed by atoms with Gasteiger partial charge in [0.1, 0.15) is 0 Å². The molecule has 1 amide bonds. The molecule has 112 valence electrons. The number of likely N-dealkylation sites (tertiary alicyclic amines) is 1. The molecule has 0 spiro atoms. The largest absolute Gasteiger partial charge is 0.417 e. The Labute approximate surface area is 122 Å². The fourth-order valence-corrected chi connectivity index (χ4v) is 2.82. The van der Waals surface area contributed by atoms with Crippen molar-refractivity contribution in [1.29, 1.82) is 0 Å². The van der Waals surface area contributed by atoms with Crippen LogP contribution in [-0.2, 0) is 11.2 Å². The SMILES string of the molecule is CC1CCN(C(=O)CCc2ccc3oc(=O)[nH]c3c2)CC1. The molecule has 1 aromatic carbocycles. The Hall–Kier alpha value is -2.04. The summed E-state index contributed by atoms with van der Waals surface area (Å²) in [5.74, 6) is 0.512. The molecule has 0 radical (unpaired) electrons. The summed E-state index contributed by atoms with van der Waals surface area (Å²) >= 11 is 0. The van der Waals surface area contributed by atoms with Crippen molar-refractivity contribution in [1.82, 2.24) is 9.88 Å². The summed E-state index contributed by atoms with van der Waals surface area (Å²) in [4.78, 5) is 27.9. The summed E-state index contributed by atoms with van der Waals surface area (Å²) in [7, 11) is 0. The number of aryl methyl sites for hydroxylation is 1. The van der Waals surface area contributed by atoms with Gasteiger partial charge in [0.25, 0.3) is 0 Å². The number of nitrogens with zero attached hydrogens (tertiary/aromatic N) is 1. The third-order valence-corrected chi connectivity index (χ3v) is 4.25. The number of hydrogen-bond donors (Lipinski definition) is 1. The van der Waals surface area contributed by atoms with E-state index in [1.54, 1.807) is 6.07 Å². The standard InChI is InChI=1S/C16H20N2O3/c1-11-6-8-18(9-7-11)15(19)5-3-12-2-4-14-13(10-12)17-16(20)21-14/h2,4,10-11H,3,5-9H2,1H3,(H,17,20). The first-order chi connectivity index (χ1) is 10.1. The number of aromatic amines is 1. The Morgan fingerprint density at radius 3 is 2.90 bits per heavy atom. The molecule has 0 bridgehead atoms. The zero-order chi connectivity index (χ0) is 14.8. The minimum atomic E-state index is -0.444. The molecule has 1 aromatic heterocycles. The fourth-order valence-electron chi connectivity index (χ4n) is 2.82. The quantitative estimate of drug-likeness (QED) is 0.942. The van der Waals surface area contributed by atoms with E-state index in [9.17, 15) is 9.59 Å². The number of amides is 1. The van der Waals surface area contributed by atoms with Gasteiger partial charge >= 0.3 is 5.76 Å². The number of aromatic nitrogens is 1. The third kappa shape index (κ3) is 3.17. The Kier molecular flexibility index (Phi) is 3.82. The van der Waals surface area contributed by atoms with Crippen LogP contribution in [0.2, 0.25) is 0 Å². The predicted molar refractivity (Wildman–Crippen MR) is 80.1 cm³/mol. The van der Waals surface area contributed by atoms with E-state index >= 15 is 0 Å². The minimum Gasteiger partial charge on any atom is -0.408 e.